The highest BCUT2D eigenvalue weighted by Gasteiger charge is 2.42. The van der Waals surface area contributed by atoms with E-state index < -0.39 is 6.04 Å². The van der Waals surface area contributed by atoms with Gasteiger partial charge in [-0.25, -0.2) is 0 Å². The van der Waals surface area contributed by atoms with E-state index in [0.29, 0.717) is 44.1 Å². The van der Waals surface area contributed by atoms with Crippen LogP contribution in [0.1, 0.15) is 38.8 Å². The molecule has 0 saturated carbocycles. The predicted molar refractivity (Wildman–Crippen MR) is 128 cm³/mol. The van der Waals surface area contributed by atoms with Gasteiger partial charge >= 0.3 is 0 Å². The monoisotopic (exact) mass is 498 g/mol. The number of aromatic nitrogens is 3. The Balaban J connectivity index is 1.70. The number of nitrogens with one attached hydrogen (secondary N) is 1. The number of nitrogens with zero attached hydrogens (tertiary/aromatic N) is 3. The molecular formula is C24H17Cl3N4O2. The number of fused-ring (bicyclic) bond motifs is 1. The molecule has 0 saturated heterocycles. The highest BCUT2D eigenvalue weighted by atomic mass is 35.5. The van der Waals surface area contributed by atoms with E-state index in [1.807, 2.05) is 18.2 Å². The first-order valence-corrected chi connectivity index (χ1v) is 11.2. The molecule has 0 bridgehead atoms. The molecule has 2 N–H and O–H groups in total. The summed E-state index contributed by atoms with van der Waals surface area (Å²) in [5.74, 6) is -0.196. The van der Waals surface area contributed by atoms with Crippen LogP contribution in [0.15, 0.2) is 54.9 Å². The van der Waals surface area contributed by atoms with Crippen molar-refractivity contribution in [1.82, 2.24) is 20.1 Å². The Kier molecular flexibility index (Phi) is 5.52. The summed E-state index contributed by atoms with van der Waals surface area (Å²) in [4.78, 5) is 19.4. The van der Waals surface area contributed by atoms with E-state index in [1.165, 1.54) is 0 Å². The van der Waals surface area contributed by atoms with Gasteiger partial charge in [0.1, 0.15) is 17.1 Å². The van der Waals surface area contributed by atoms with E-state index in [2.05, 4.69) is 15.2 Å². The van der Waals surface area contributed by atoms with Crippen LogP contribution < -0.4 is 0 Å². The summed E-state index contributed by atoms with van der Waals surface area (Å²) in [6.07, 6.45) is 3.40. The lowest BCUT2D eigenvalue weighted by Gasteiger charge is -2.26. The van der Waals surface area contributed by atoms with Gasteiger partial charge in [-0.1, -0.05) is 46.9 Å². The van der Waals surface area contributed by atoms with Crippen molar-refractivity contribution in [2.75, 3.05) is 0 Å². The van der Waals surface area contributed by atoms with Crippen molar-refractivity contribution in [3.8, 4) is 17.0 Å². The molecule has 33 heavy (non-hydrogen) atoms. The lowest BCUT2D eigenvalue weighted by Crippen LogP contribution is -2.29. The second-order valence-corrected chi connectivity index (χ2v) is 9.07. The average molecular weight is 500 g/mol. The van der Waals surface area contributed by atoms with Crippen LogP contribution >= 0.6 is 34.8 Å². The van der Waals surface area contributed by atoms with Gasteiger partial charge in [0.15, 0.2) is 0 Å². The molecule has 0 fully saturated rings. The number of aryl methyl sites for hydroxylation is 1. The highest BCUT2D eigenvalue weighted by Crippen LogP contribution is 2.46. The molecule has 6 nitrogen and oxygen atoms in total. The van der Waals surface area contributed by atoms with Crippen LogP contribution in [0.25, 0.3) is 11.3 Å². The van der Waals surface area contributed by atoms with E-state index in [-0.39, 0.29) is 11.7 Å². The summed E-state index contributed by atoms with van der Waals surface area (Å²) in [6, 6.07) is 11.7. The van der Waals surface area contributed by atoms with Crippen molar-refractivity contribution >= 4 is 40.7 Å². The van der Waals surface area contributed by atoms with Crippen LogP contribution in [0.5, 0.6) is 5.75 Å². The molecule has 4 aromatic rings. The summed E-state index contributed by atoms with van der Waals surface area (Å²) in [5.41, 5.74) is 4.24. The number of aromatic hydroxyl groups is 1. The fraction of sp³-hybridized carbons (Fsp3) is 0.125. The number of amides is 1. The Morgan fingerprint density at radius 2 is 1.91 bits per heavy atom. The molecular weight excluding hydrogens is 483 g/mol. The van der Waals surface area contributed by atoms with Crippen LogP contribution in [0.4, 0.5) is 0 Å². The summed E-state index contributed by atoms with van der Waals surface area (Å²) in [7, 11) is 0. The zero-order chi connectivity index (χ0) is 23.3. The molecule has 0 aliphatic carbocycles. The van der Waals surface area contributed by atoms with Crippen LogP contribution in [-0.2, 0) is 6.54 Å². The number of phenols is 1. The number of benzene rings is 2. The second kappa shape index (κ2) is 8.37. The number of H-pyrrole nitrogens is 1. The highest BCUT2D eigenvalue weighted by molar-refractivity contribution is 6.42. The predicted octanol–water partition coefficient (Wildman–Crippen LogP) is 6.19. The molecule has 166 valence electrons. The van der Waals surface area contributed by atoms with Crippen molar-refractivity contribution in [2.24, 2.45) is 0 Å². The van der Waals surface area contributed by atoms with Crippen LogP contribution in [-0.4, -0.2) is 31.1 Å². The maximum absolute atomic E-state index is 13.5. The van der Waals surface area contributed by atoms with Crippen LogP contribution in [0, 0.1) is 6.92 Å². The zero-order valence-corrected chi connectivity index (χ0v) is 19.6. The molecule has 2 aromatic carbocycles. The van der Waals surface area contributed by atoms with Gasteiger partial charge in [-0.15, -0.1) is 0 Å². The normalized spacial score (nSPS) is 15.2. The minimum atomic E-state index is -0.518. The summed E-state index contributed by atoms with van der Waals surface area (Å²) >= 11 is 18.8. The van der Waals surface area contributed by atoms with Crippen molar-refractivity contribution in [3.05, 3.63) is 97.9 Å². The maximum atomic E-state index is 13.5. The number of carbonyl (C=O) groups excluding carboxylic acids is 1. The first-order chi connectivity index (χ1) is 15.8. The molecule has 1 aliphatic heterocycles. The minimum absolute atomic E-state index is 0.0252. The van der Waals surface area contributed by atoms with Crippen LogP contribution in [0.3, 0.4) is 0 Å². The smallest absolute Gasteiger partial charge is 0.273 e. The van der Waals surface area contributed by atoms with Gasteiger partial charge in [0, 0.05) is 35.1 Å². The molecule has 1 aliphatic rings. The third kappa shape index (κ3) is 3.74. The third-order valence-electron chi connectivity index (χ3n) is 5.73. The lowest BCUT2D eigenvalue weighted by atomic mass is 9.95. The van der Waals surface area contributed by atoms with Gasteiger partial charge in [0.05, 0.1) is 16.1 Å². The average Bonchev–Trinajstić information content (AvgIpc) is 3.33. The first kappa shape index (κ1) is 21.8. The SMILES string of the molecule is Cc1cc(O)c(-c2n[nH]c3c2[C@@H](c2ccc(Cl)c(Cl)c2)N(Cc2cccnc2)C3=O)cc1Cl. The molecule has 0 spiro atoms. The molecule has 2 aromatic heterocycles. The number of hydrogen-bond acceptors (Lipinski definition) is 4. The summed E-state index contributed by atoms with van der Waals surface area (Å²) < 4.78 is 0. The van der Waals surface area contributed by atoms with Gasteiger partial charge in [-0.05, 0) is 53.9 Å². The largest absolute Gasteiger partial charge is 0.507 e. The quantitative estimate of drug-likeness (QED) is 0.351. The Morgan fingerprint density at radius 1 is 1.09 bits per heavy atom. The Hall–Kier alpha value is -3.06. The van der Waals surface area contributed by atoms with E-state index in [1.54, 1.807) is 48.5 Å². The minimum Gasteiger partial charge on any atom is -0.507 e. The van der Waals surface area contributed by atoms with E-state index in [4.69, 9.17) is 34.8 Å². The molecule has 0 unspecified atom stereocenters. The molecule has 1 atom stereocenters. The second-order valence-electron chi connectivity index (χ2n) is 7.85. The molecule has 5 rings (SSSR count). The lowest BCUT2D eigenvalue weighted by molar-refractivity contribution is 0.0730. The van der Waals surface area contributed by atoms with Crippen LogP contribution in [0.2, 0.25) is 15.1 Å². The number of hydrogen-bond donors (Lipinski definition) is 2. The number of carbonyl (C=O) groups is 1. The Bertz CT molecular complexity index is 1390. The number of halogens is 3. The number of pyridine rings is 1. The van der Waals surface area contributed by atoms with Gasteiger partial charge in [0.2, 0.25) is 0 Å². The Labute approximate surface area is 204 Å². The van der Waals surface area contributed by atoms with Crippen molar-refractivity contribution in [3.63, 3.8) is 0 Å². The standard InChI is InChI=1S/C24H17Cl3N4O2/c1-12-7-19(32)15(9-17(12)26)21-20-22(30-29-21)24(33)31(11-13-3-2-6-28-10-13)23(20)14-4-5-16(25)18(27)8-14/h2-10,23,32H,11H2,1H3,(H,29,30)/t23-/m1/s1. The fourth-order valence-corrected chi connectivity index (χ4v) is 4.61. The Morgan fingerprint density at radius 3 is 2.64 bits per heavy atom. The number of rotatable bonds is 4. The first-order valence-electron chi connectivity index (χ1n) is 10.1. The van der Waals surface area contributed by atoms with E-state index in [0.717, 1.165) is 16.7 Å². The van der Waals surface area contributed by atoms with Crippen molar-refractivity contribution in [1.29, 1.82) is 0 Å². The van der Waals surface area contributed by atoms with Crippen molar-refractivity contribution in [2.45, 2.75) is 19.5 Å². The molecule has 9 heteroatoms. The van der Waals surface area contributed by atoms with E-state index in [9.17, 15) is 9.90 Å². The van der Waals surface area contributed by atoms with Crippen molar-refractivity contribution < 1.29 is 9.90 Å². The van der Waals surface area contributed by atoms with Gasteiger partial charge < -0.3 is 10.0 Å². The topological polar surface area (TPSA) is 82.1 Å². The zero-order valence-electron chi connectivity index (χ0n) is 17.3. The summed E-state index contributed by atoms with van der Waals surface area (Å²) in [6.45, 7) is 2.12. The number of aromatic amines is 1. The van der Waals surface area contributed by atoms with Gasteiger partial charge in [-0.3, -0.25) is 14.9 Å². The maximum Gasteiger partial charge on any atom is 0.273 e. The molecule has 0 radical (unpaired) electrons. The van der Waals surface area contributed by atoms with Gasteiger partial charge in [0.25, 0.3) is 5.91 Å². The number of phenolic OH excluding ortho intramolecular Hbond substituents is 1. The molecule has 3 heterocycles. The third-order valence-corrected chi connectivity index (χ3v) is 6.88. The fourth-order valence-electron chi connectivity index (χ4n) is 4.14. The summed E-state index contributed by atoms with van der Waals surface area (Å²) in [5, 5.41) is 19.2. The van der Waals surface area contributed by atoms with E-state index >= 15 is 0 Å². The molecule has 1 amide bonds. The van der Waals surface area contributed by atoms with Gasteiger partial charge in [-0.2, -0.15) is 5.10 Å².